The first kappa shape index (κ1) is 16.8. The molecule has 4 rings (SSSR count). The molecule has 0 amide bonds. The van der Waals surface area contributed by atoms with Crippen LogP contribution in [0.5, 0.6) is 0 Å². The summed E-state index contributed by atoms with van der Waals surface area (Å²) in [7, 11) is 0. The number of carboxylic acid groups (broad SMARTS) is 1. The molecule has 0 saturated carbocycles. The van der Waals surface area contributed by atoms with Gasteiger partial charge in [-0.2, -0.15) is 10.5 Å². The molecule has 0 aromatic heterocycles. The van der Waals surface area contributed by atoms with Gasteiger partial charge in [0.05, 0.1) is 18.2 Å². The molecule has 2 aliphatic heterocycles. The van der Waals surface area contributed by atoms with Gasteiger partial charge in [0, 0.05) is 11.6 Å². The second-order valence-corrected chi connectivity index (χ2v) is 6.68. The zero-order chi connectivity index (χ0) is 19.2. The van der Waals surface area contributed by atoms with E-state index in [0.29, 0.717) is 11.3 Å². The van der Waals surface area contributed by atoms with Crippen LogP contribution >= 0.6 is 0 Å². The number of carbonyl (C=O) groups is 1. The fraction of sp³-hybridized carbons (Fsp3) is 0.190. The average Bonchev–Trinajstić information content (AvgIpc) is 2.99. The molecule has 1 N–H and O–H groups in total. The summed E-state index contributed by atoms with van der Waals surface area (Å²) < 4.78 is 13.9. The van der Waals surface area contributed by atoms with Gasteiger partial charge in [-0.15, -0.1) is 0 Å². The number of fused-ring (bicyclic) bond motifs is 3. The van der Waals surface area contributed by atoms with Crippen molar-refractivity contribution in [3.63, 3.8) is 0 Å². The van der Waals surface area contributed by atoms with E-state index in [0.717, 1.165) is 5.56 Å². The zero-order valence-corrected chi connectivity index (χ0v) is 14.1. The Morgan fingerprint density at radius 3 is 2.56 bits per heavy atom. The molecular formula is C21H14FN3O2. The predicted octanol–water partition coefficient (Wildman–Crippen LogP) is 3.31. The van der Waals surface area contributed by atoms with E-state index in [-0.39, 0.29) is 0 Å². The quantitative estimate of drug-likeness (QED) is 0.889. The lowest BCUT2D eigenvalue weighted by Gasteiger charge is -2.34. The first-order valence-corrected chi connectivity index (χ1v) is 8.40. The third kappa shape index (κ3) is 2.24. The van der Waals surface area contributed by atoms with Crippen LogP contribution in [0.3, 0.4) is 0 Å². The van der Waals surface area contributed by atoms with Crippen LogP contribution in [-0.2, 0) is 4.79 Å². The number of hydrogen-bond donors (Lipinski definition) is 1. The second-order valence-electron chi connectivity index (χ2n) is 6.68. The minimum Gasteiger partial charge on any atom is -0.480 e. The number of para-hydroxylation sites is 1. The Morgan fingerprint density at radius 1 is 1.15 bits per heavy atom. The molecule has 5 nitrogen and oxygen atoms in total. The van der Waals surface area contributed by atoms with Crippen LogP contribution in [0.15, 0.2) is 54.6 Å². The number of aliphatic carboxylic acids is 1. The molecule has 0 radical (unpaired) electrons. The van der Waals surface area contributed by atoms with Crippen LogP contribution < -0.4 is 4.90 Å². The van der Waals surface area contributed by atoms with Gasteiger partial charge in [0.15, 0.2) is 5.41 Å². The van der Waals surface area contributed by atoms with E-state index in [1.165, 1.54) is 18.2 Å². The number of nitriles is 2. The maximum Gasteiger partial charge on any atom is 0.327 e. The normalized spacial score (nSPS) is 24.4. The number of carboxylic acids is 1. The highest BCUT2D eigenvalue weighted by Gasteiger charge is 2.63. The van der Waals surface area contributed by atoms with Gasteiger partial charge in [0.25, 0.3) is 0 Å². The Labute approximate surface area is 155 Å². The summed E-state index contributed by atoms with van der Waals surface area (Å²) in [6.45, 7) is 0. The molecule has 3 atom stereocenters. The van der Waals surface area contributed by atoms with Crippen LogP contribution in [0.1, 0.15) is 17.0 Å². The number of hydrogen-bond acceptors (Lipinski definition) is 4. The summed E-state index contributed by atoms with van der Waals surface area (Å²) in [4.78, 5) is 13.9. The van der Waals surface area contributed by atoms with Crippen molar-refractivity contribution >= 4 is 17.7 Å². The van der Waals surface area contributed by atoms with Crippen LogP contribution in [-0.4, -0.2) is 23.2 Å². The van der Waals surface area contributed by atoms with E-state index in [1.54, 1.807) is 35.3 Å². The smallest absolute Gasteiger partial charge is 0.327 e. The molecule has 1 fully saturated rings. The van der Waals surface area contributed by atoms with E-state index in [2.05, 4.69) is 12.1 Å². The lowest BCUT2D eigenvalue weighted by Crippen LogP contribution is -2.44. The largest absolute Gasteiger partial charge is 0.480 e. The predicted molar refractivity (Wildman–Crippen MR) is 96.0 cm³/mol. The topological polar surface area (TPSA) is 88.1 Å². The molecule has 132 valence electrons. The van der Waals surface area contributed by atoms with Gasteiger partial charge in [-0.25, -0.2) is 9.18 Å². The molecule has 0 aliphatic carbocycles. The second kappa shape index (κ2) is 5.96. The zero-order valence-electron chi connectivity index (χ0n) is 14.1. The molecule has 0 bridgehead atoms. The van der Waals surface area contributed by atoms with Crippen LogP contribution in [0.4, 0.5) is 10.1 Å². The van der Waals surface area contributed by atoms with Gasteiger partial charge in [-0.05, 0) is 29.3 Å². The third-order valence-electron chi connectivity index (χ3n) is 5.38. The molecule has 2 heterocycles. The van der Waals surface area contributed by atoms with Crippen LogP contribution in [0.2, 0.25) is 0 Å². The Kier molecular flexibility index (Phi) is 3.71. The minimum absolute atomic E-state index is 0.325. The molecule has 2 aliphatic rings. The van der Waals surface area contributed by atoms with Gasteiger partial charge in [0.2, 0.25) is 0 Å². The monoisotopic (exact) mass is 359 g/mol. The van der Waals surface area contributed by atoms with Crippen molar-refractivity contribution in [2.24, 2.45) is 5.41 Å². The van der Waals surface area contributed by atoms with Crippen LogP contribution in [0, 0.1) is 33.9 Å². The van der Waals surface area contributed by atoms with E-state index < -0.39 is 35.2 Å². The summed E-state index contributed by atoms with van der Waals surface area (Å²) in [5.41, 5.74) is 0.113. The molecule has 1 saturated heterocycles. The van der Waals surface area contributed by atoms with Crippen molar-refractivity contribution in [1.29, 1.82) is 10.5 Å². The van der Waals surface area contributed by atoms with Crippen molar-refractivity contribution in [2.45, 2.75) is 18.0 Å². The molecule has 6 heteroatoms. The molecule has 27 heavy (non-hydrogen) atoms. The summed E-state index contributed by atoms with van der Waals surface area (Å²) in [6, 6.07) is 14.9. The summed E-state index contributed by atoms with van der Waals surface area (Å²) in [5.74, 6) is -2.71. The lowest BCUT2D eigenvalue weighted by molar-refractivity contribution is -0.138. The first-order valence-electron chi connectivity index (χ1n) is 8.40. The van der Waals surface area contributed by atoms with Crippen molar-refractivity contribution in [1.82, 2.24) is 0 Å². The van der Waals surface area contributed by atoms with Crippen molar-refractivity contribution in [3.05, 3.63) is 71.6 Å². The number of halogens is 1. The van der Waals surface area contributed by atoms with Crippen molar-refractivity contribution in [3.8, 4) is 12.1 Å². The van der Waals surface area contributed by atoms with Crippen LogP contribution in [0.25, 0.3) is 6.08 Å². The Bertz CT molecular complexity index is 1040. The van der Waals surface area contributed by atoms with Gasteiger partial charge in [-0.3, -0.25) is 0 Å². The third-order valence-corrected chi connectivity index (χ3v) is 5.38. The number of rotatable bonds is 2. The fourth-order valence-electron chi connectivity index (χ4n) is 4.29. The van der Waals surface area contributed by atoms with E-state index in [9.17, 15) is 24.8 Å². The first-order chi connectivity index (χ1) is 13.0. The highest BCUT2D eigenvalue weighted by atomic mass is 19.1. The van der Waals surface area contributed by atoms with E-state index in [4.69, 9.17) is 0 Å². The Balaban J connectivity index is 2.01. The molecular weight excluding hydrogens is 345 g/mol. The summed E-state index contributed by atoms with van der Waals surface area (Å²) in [5, 5.41) is 30.0. The van der Waals surface area contributed by atoms with Crippen molar-refractivity contribution < 1.29 is 14.3 Å². The maximum absolute atomic E-state index is 13.9. The average molecular weight is 359 g/mol. The number of nitrogens with zero attached hydrogens (tertiary/aromatic N) is 3. The van der Waals surface area contributed by atoms with Gasteiger partial charge < -0.3 is 10.0 Å². The standard InChI is InChI=1S/C21H14FN3O2/c22-15-6-3-5-14(10-15)18-19(20(26)27)25-16-7-2-1-4-13(16)8-9-17(25)21(18,11-23)12-24/h1-10,17-19H,(H,26,27)/t17-,18+,19-/m0/s1. The number of anilines is 1. The van der Waals surface area contributed by atoms with E-state index >= 15 is 0 Å². The highest BCUT2D eigenvalue weighted by molar-refractivity contribution is 5.87. The van der Waals surface area contributed by atoms with Crippen molar-refractivity contribution in [2.75, 3.05) is 4.90 Å². The molecule has 2 aromatic rings. The van der Waals surface area contributed by atoms with Gasteiger partial charge >= 0.3 is 5.97 Å². The fourth-order valence-corrected chi connectivity index (χ4v) is 4.29. The Hall–Kier alpha value is -3.64. The highest BCUT2D eigenvalue weighted by Crippen LogP contribution is 2.54. The maximum atomic E-state index is 13.9. The molecule has 0 spiro atoms. The molecule has 2 aromatic carbocycles. The SMILES string of the molecule is N#CC1(C#N)[C@H](c2cccc(F)c2)[C@@H](C(=O)O)N2c3ccccc3C=C[C@H]21. The Morgan fingerprint density at radius 2 is 1.89 bits per heavy atom. The number of benzene rings is 2. The lowest BCUT2D eigenvalue weighted by atomic mass is 9.70. The van der Waals surface area contributed by atoms with Gasteiger partial charge in [0.1, 0.15) is 11.9 Å². The summed E-state index contributed by atoms with van der Waals surface area (Å²) >= 11 is 0. The summed E-state index contributed by atoms with van der Waals surface area (Å²) in [6.07, 6.45) is 3.50. The molecule has 0 unspecified atom stereocenters. The van der Waals surface area contributed by atoms with E-state index in [1.807, 2.05) is 12.1 Å². The van der Waals surface area contributed by atoms with Gasteiger partial charge in [-0.1, -0.05) is 42.5 Å². The minimum atomic E-state index is -1.67.